The maximum absolute atomic E-state index is 10.5. The summed E-state index contributed by atoms with van der Waals surface area (Å²) in [6.45, 7) is 0.581. The van der Waals surface area contributed by atoms with Gasteiger partial charge in [0.1, 0.15) is 0 Å². The van der Waals surface area contributed by atoms with Crippen LogP contribution in [0.3, 0.4) is 0 Å². The third kappa shape index (κ3) is 4.78. The lowest BCUT2D eigenvalue weighted by Gasteiger charge is -2.06. The van der Waals surface area contributed by atoms with Crippen molar-refractivity contribution in [2.75, 3.05) is 6.54 Å². The van der Waals surface area contributed by atoms with Crippen molar-refractivity contribution in [1.29, 1.82) is 0 Å². The summed E-state index contributed by atoms with van der Waals surface area (Å²) in [6.07, 6.45) is 0.576. The van der Waals surface area contributed by atoms with E-state index < -0.39 is 6.04 Å². The molecule has 0 radical (unpaired) electrons. The monoisotopic (exact) mass is 164 g/mol. The van der Waals surface area contributed by atoms with Crippen molar-refractivity contribution in [3.63, 3.8) is 0 Å². The third-order valence-corrected chi connectivity index (χ3v) is 1.48. The van der Waals surface area contributed by atoms with Crippen LogP contribution in [0, 0.1) is 0 Å². The Morgan fingerprint density at radius 1 is 1.70 bits per heavy atom. The second-order valence-electron chi connectivity index (χ2n) is 1.87. The summed E-state index contributed by atoms with van der Waals surface area (Å²) in [5, 5.41) is 0. The van der Waals surface area contributed by atoms with Gasteiger partial charge in [0.2, 0.25) is 0 Å². The Labute approximate surface area is 62.0 Å². The van der Waals surface area contributed by atoms with Crippen molar-refractivity contribution >= 4 is 14.8 Å². The van der Waals surface area contributed by atoms with Gasteiger partial charge < -0.3 is 5.73 Å². The van der Waals surface area contributed by atoms with Crippen molar-refractivity contribution in [2.24, 2.45) is 11.6 Å². The molecule has 0 aliphatic rings. The fraction of sp³-hybridized carbons (Fsp3) is 0.750. The Bertz CT molecular complexity index is 109. The number of nitrogens with two attached hydrogens (primary N) is 2. The zero-order valence-electron chi connectivity index (χ0n) is 5.63. The molecule has 0 heterocycles. The molecule has 0 saturated heterocycles. The maximum atomic E-state index is 10.5. The van der Waals surface area contributed by atoms with Crippen LogP contribution in [-0.2, 0) is 4.79 Å². The summed E-state index contributed by atoms with van der Waals surface area (Å²) < 4.78 is 0. The zero-order chi connectivity index (χ0) is 7.98. The highest BCUT2D eigenvalue weighted by molar-refractivity contribution is 7.40. The van der Waals surface area contributed by atoms with Crippen LogP contribution in [0.25, 0.3) is 0 Å². The second kappa shape index (κ2) is 5.70. The second-order valence-corrected chi connectivity index (χ2v) is 2.44. The van der Waals surface area contributed by atoms with Crippen LogP contribution < -0.4 is 22.5 Å². The van der Waals surface area contributed by atoms with E-state index >= 15 is 0 Å². The van der Waals surface area contributed by atoms with Crippen LogP contribution in [-0.4, -0.2) is 18.1 Å². The van der Waals surface area contributed by atoms with Gasteiger partial charge in [0.15, 0.2) is 5.52 Å². The third-order valence-electron chi connectivity index (χ3n) is 1.05. The van der Waals surface area contributed by atoms with Gasteiger partial charge >= 0.3 is 0 Å². The summed E-state index contributed by atoms with van der Waals surface area (Å²) in [5.74, 6) is 4.90. The Morgan fingerprint density at radius 2 is 2.30 bits per heavy atom. The van der Waals surface area contributed by atoms with E-state index in [2.05, 4.69) is 11.0 Å². The van der Waals surface area contributed by atoms with Gasteiger partial charge in [0, 0.05) is 6.54 Å². The van der Waals surface area contributed by atoms with Crippen molar-refractivity contribution < 1.29 is 4.79 Å². The van der Waals surface area contributed by atoms with Crippen LogP contribution in [0.4, 0.5) is 0 Å². The molecular weight excluding hydrogens is 151 g/mol. The molecule has 2 atom stereocenters. The van der Waals surface area contributed by atoms with E-state index in [1.807, 2.05) is 9.24 Å². The molecular formula is C4H13N4OP. The van der Waals surface area contributed by atoms with Crippen molar-refractivity contribution in [3.8, 4) is 0 Å². The quantitative estimate of drug-likeness (QED) is 0.164. The lowest BCUT2D eigenvalue weighted by atomic mass is 10.2. The summed E-state index contributed by atoms with van der Waals surface area (Å²) in [4.78, 5) is 10.5. The smallest absolute Gasteiger partial charge is 0.164 e. The van der Waals surface area contributed by atoms with Gasteiger partial charge in [-0.25, -0.2) is 5.43 Å². The highest BCUT2D eigenvalue weighted by Crippen LogP contribution is 1.94. The Balaban J connectivity index is 3.21. The summed E-state index contributed by atoms with van der Waals surface area (Å²) in [7, 11) is 2.04. The number of hydrogen-bond acceptors (Lipinski definition) is 5. The van der Waals surface area contributed by atoms with E-state index in [4.69, 9.17) is 11.6 Å². The molecule has 5 nitrogen and oxygen atoms in total. The van der Waals surface area contributed by atoms with Gasteiger partial charge in [0.05, 0.1) is 6.04 Å². The minimum Gasteiger partial charge on any atom is -0.321 e. The lowest BCUT2D eigenvalue weighted by Crippen LogP contribution is -2.41. The van der Waals surface area contributed by atoms with Crippen molar-refractivity contribution in [3.05, 3.63) is 0 Å². The number of carbonyl (C=O) groups excluding carboxylic acids is 1. The first-order valence-corrected chi connectivity index (χ1v) is 3.49. The van der Waals surface area contributed by atoms with Crippen LogP contribution >= 0.6 is 9.24 Å². The van der Waals surface area contributed by atoms with Gasteiger partial charge in [-0.2, -0.15) is 5.53 Å². The minimum atomic E-state index is -0.411. The van der Waals surface area contributed by atoms with Gasteiger partial charge in [-0.1, -0.05) is 9.24 Å². The Morgan fingerprint density at radius 3 is 2.70 bits per heavy atom. The molecule has 10 heavy (non-hydrogen) atoms. The molecule has 60 valence electrons. The summed E-state index contributed by atoms with van der Waals surface area (Å²) in [6, 6.07) is -0.411. The van der Waals surface area contributed by atoms with Gasteiger partial charge in [-0.15, -0.1) is 0 Å². The molecule has 0 fully saturated rings. The average Bonchev–Trinajstić information content (AvgIpc) is 1.88. The van der Waals surface area contributed by atoms with E-state index in [1.165, 1.54) is 0 Å². The molecule has 0 rings (SSSR count). The molecule has 6 N–H and O–H groups in total. The van der Waals surface area contributed by atoms with E-state index in [-0.39, 0.29) is 5.52 Å². The molecule has 0 aromatic carbocycles. The molecule has 0 spiro atoms. The summed E-state index contributed by atoms with van der Waals surface area (Å²) >= 11 is 0. The van der Waals surface area contributed by atoms with Crippen molar-refractivity contribution in [1.82, 2.24) is 11.0 Å². The van der Waals surface area contributed by atoms with E-state index in [0.717, 1.165) is 0 Å². The molecule has 0 bridgehead atoms. The van der Waals surface area contributed by atoms with Crippen molar-refractivity contribution in [2.45, 2.75) is 12.5 Å². The van der Waals surface area contributed by atoms with E-state index in [9.17, 15) is 4.79 Å². The van der Waals surface area contributed by atoms with Gasteiger partial charge in [0.25, 0.3) is 0 Å². The van der Waals surface area contributed by atoms with Gasteiger partial charge in [-0.3, -0.25) is 10.6 Å². The van der Waals surface area contributed by atoms with E-state index in [0.29, 0.717) is 13.0 Å². The largest absolute Gasteiger partial charge is 0.321 e. The highest BCUT2D eigenvalue weighted by Gasteiger charge is 2.05. The number of nitrogens with one attached hydrogen (secondary N) is 2. The molecule has 0 aromatic rings. The first kappa shape index (κ1) is 9.94. The first-order chi connectivity index (χ1) is 4.68. The Kier molecular flexibility index (Phi) is 5.67. The number of carbonyl (C=O) groups is 1. The number of rotatable bonds is 5. The average molecular weight is 164 g/mol. The molecule has 0 aliphatic heterocycles. The molecule has 2 unspecified atom stereocenters. The molecule has 0 aromatic heterocycles. The zero-order valence-corrected chi connectivity index (χ0v) is 6.79. The first-order valence-electron chi connectivity index (χ1n) is 2.92. The minimum absolute atomic E-state index is 0.0844. The number of hydrazine groups is 2. The summed E-state index contributed by atoms with van der Waals surface area (Å²) in [5.41, 5.74) is 10.2. The van der Waals surface area contributed by atoms with Crippen LogP contribution in [0.5, 0.6) is 0 Å². The fourth-order valence-corrected chi connectivity index (χ4v) is 0.609. The fourth-order valence-electron chi connectivity index (χ4n) is 0.442. The topological polar surface area (TPSA) is 93.2 Å². The van der Waals surface area contributed by atoms with E-state index in [1.54, 1.807) is 0 Å². The molecule has 0 amide bonds. The predicted molar refractivity (Wildman–Crippen MR) is 42.6 cm³/mol. The molecule has 0 aliphatic carbocycles. The standard InChI is InChI=1S/C4H13N4OP/c5-3(4(9)10)1-2-7-8-6/h3,7-8H,1-2,5-6,10H2. The maximum Gasteiger partial charge on any atom is 0.164 e. The van der Waals surface area contributed by atoms with Gasteiger partial charge in [-0.05, 0) is 6.42 Å². The van der Waals surface area contributed by atoms with Crippen LogP contribution in [0.2, 0.25) is 0 Å². The normalized spacial score (nSPS) is 13.1. The van der Waals surface area contributed by atoms with Crippen LogP contribution in [0.1, 0.15) is 6.42 Å². The van der Waals surface area contributed by atoms with Crippen LogP contribution in [0.15, 0.2) is 0 Å². The predicted octanol–water partition coefficient (Wildman–Crippen LogP) is -1.93. The Hall–Kier alpha value is -0.0600. The SMILES string of the molecule is NNNCCC(N)C(=O)P. The number of hydrogen-bond donors (Lipinski definition) is 4. The molecule has 0 saturated carbocycles. The highest BCUT2D eigenvalue weighted by atomic mass is 31.0. The molecule has 6 heteroatoms. The lowest BCUT2D eigenvalue weighted by molar-refractivity contribution is -0.112.